The molecule has 24 heavy (non-hydrogen) atoms. The average Bonchev–Trinajstić information content (AvgIpc) is 2.56. The summed E-state index contributed by atoms with van der Waals surface area (Å²) in [4.78, 5) is 13.8. The van der Waals surface area contributed by atoms with E-state index in [9.17, 15) is 13.6 Å². The number of likely N-dealkylation sites (N-methyl/N-ethyl adjacent to an activating group) is 1. The number of aryl methyl sites for hydroxylation is 1. The number of aliphatic hydroxyl groups excluding tert-OH is 1. The van der Waals surface area contributed by atoms with Crippen molar-refractivity contribution in [3.63, 3.8) is 0 Å². The number of nitrogens with one attached hydrogen (secondary N) is 1. The second-order valence-electron chi connectivity index (χ2n) is 5.48. The van der Waals surface area contributed by atoms with Crippen molar-refractivity contribution >= 4 is 17.3 Å². The zero-order valence-electron chi connectivity index (χ0n) is 13.4. The molecule has 2 N–H and O–H groups in total. The summed E-state index contributed by atoms with van der Waals surface area (Å²) in [5, 5.41) is 11.6. The molecule has 0 bridgehead atoms. The molecule has 2 aromatic rings. The predicted octanol–water partition coefficient (Wildman–Crippen LogP) is 2.96. The van der Waals surface area contributed by atoms with Gasteiger partial charge in [-0.15, -0.1) is 0 Å². The zero-order valence-corrected chi connectivity index (χ0v) is 13.4. The van der Waals surface area contributed by atoms with E-state index in [1.807, 2.05) is 24.1 Å². The van der Waals surface area contributed by atoms with Gasteiger partial charge in [0.25, 0.3) is 0 Å². The number of benzene rings is 2. The molecular formula is C18H20F2N2O2. The Labute approximate surface area is 139 Å². The molecule has 6 heteroatoms. The maximum absolute atomic E-state index is 13.5. The molecule has 0 aliphatic rings. The third-order valence-electron chi connectivity index (χ3n) is 3.66. The van der Waals surface area contributed by atoms with Crippen LogP contribution in [0.1, 0.15) is 12.0 Å². The zero-order chi connectivity index (χ0) is 17.5. The fourth-order valence-electron chi connectivity index (χ4n) is 2.28. The van der Waals surface area contributed by atoms with Crippen LogP contribution in [0.15, 0.2) is 42.5 Å². The van der Waals surface area contributed by atoms with Crippen LogP contribution in [0.25, 0.3) is 0 Å². The third kappa shape index (κ3) is 5.03. The number of amides is 1. The smallest absolute Gasteiger partial charge is 0.224 e. The molecule has 0 fully saturated rings. The number of hydrogen-bond acceptors (Lipinski definition) is 3. The van der Waals surface area contributed by atoms with Crippen LogP contribution in [-0.4, -0.2) is 31.2 Å². The number of rotatable bonds is 7. The standard InChI is InChI=1S/C18H20F2N2O2/c1-22(10-11-23)16-6-4-15(5-7-16)21-18(24)9-2-13-12-14(19)3-8-17(13)20/h3-8,12,23H,2,9-11H2,1H3,(H,21,24). The number of aliphatic hydroxyl groups is 1. The summed E-state index contributed by atoms with van der Waals surface area (Å²) >= 11 is 0. The van der Waals surface area contributed by atoms with Crippen LogP contribution in [0.2, 0.25) is 0 Å². The highest BCUT2D eigenvalue weighted by molar-refractivity contribution is 5.91. The Morgan fingerprint density at radius 2 is 1.88 bits per heavy atom. The summed E-state index contributed by atoms with van der Waals surface area (Å²) in [6.45, 7) is 0.580. The van der Waals surface area contributed by atoms with Gasteiger partial charge in [-0.1, -0.05) is 0 Å². The Kier molecular flexibility index (Phi) is 6.26. The predicted molar refractivity (Wildman–Crippen MR) is 90.1 cm³/mol. The fraction of sp³-hybridized carbons (Fsp3) is 0.278. The van der Waals surface area contributed by atoms with Crippen LogP contribution < -0.4 is 10.2 Å². The molecule has 0 atom stereocenters. The van der Waals surface area contributed by atoms with Crippen molar-refractivity contribution < 1.29 is 18.7 Å². The number of hydrogen-bond donors (Lipinski definition) is 2. The second-order valence-corrected chi connectivity index (χ2v) is 5.48. The lowest BCUT2D eigenvalue weighted by Gasteiger charge is -2.18. The molecule has 1 amide bonds. The molecule has 0 saturated carbocycles. The number of nitrogens with zero attached hydrogens (tertiary/aromatic N) is 1. The third-order valence-corrected chi connectivity index (χ3v) is 3.66. The molecule has 128 valence electrons. The second kappa shape index (κ2) is 8.40. The molecule has 0 aliphatic heterocycles. The number of halogens is 2. The molecule has 2 rings (SSSR count). The molecule has 0 saturated heterocycles. The van der Waals surface area contributed by atoms with Gasteiger partial charge in [0.1, 0.15) is 11.6 Å². The van der Waals surface area contributed by atoms with Gasteiger partial charge in [0.2, 0.25) is 5.91 Å². The Morgan fingerprint density at radius 3 is 2.54 bits per heavy atom. The van der Waals surface area contributed by atoms with Gasteiger partial charge in [0.15, 0.2) is 0 Å². The van der Waals surface area contributed by atoms with Crippen molar-refractivity contribution in [3.05, 3.63) is 59.7 Å². The summed E-state index contributed by atoms with van der Waals surface area (Å²) in [6, 6.07) is 10.4. The molecule has 0 radical (unpaired) electrons. The quantitative estimate of drug-likeness (QED) is 0.818. The van der Waals surface area contributed by atoms with Crippen molar-refractivity contribution in [2.24, 2.45) is 0 Å². The minimum atomic E-state index is -0.519. The van der Waals surface area contributed by atoms with Crippen molar-refractivity contribution in [3.8, 4) is 0 Å². The van der Waals surface area contributed by atoms with Gasteiger partial charge in [-0.2, -0.15) is 0 Å². The Hall–Kier alpha value is -2.47. The minimum Gasteiger partial charge on any atom is -0.395 e. The first-order valence-corrected chi connectivity index (χ1v) is 7.65. The van der Waals surface area contributed by atoms with Crippen molar-refractivity contribution in [1.29, 1.82) is 0 Å². The summed E-state index contributed by atoms with van der Waals surface area (Å²) in [5.74, 6) is -1.30. The van der Waals surface area contributed by atoms with Crippen LogP contribution in [0.4, 0.5) is 20.2 Å². The lowest BCUT2D eigenvalue weighted by atomic mass is 10.1. The minimum absolute atomic E-state index is 0.0611. The molecule has 0 aliphatic carbocycles. The Morgan fingerprint density at radius 1 is 1.17 bits per heavy atom. The van der Waals surface area contributed by atoms with Crippen LogP contribution in [0, 0.1) is 11.6 Å². The van der Waals surface area contributed by atoms with E-state index in [2.05, 4.69) is 5.32 Å². The van der Waals surface area contributed by atoms with Gasteiger partial charge >= 0.3 is 0 Å². The van der Waals surface area contributed by atoms with Crippen LogP contribution in [0.5, 0.6) is 0 Å². The van der Waals surface area contributed by atoms with E-state index < -0.39 is 11.6 Å². The number of carbonyl (C=O) groups excluding carboxylic acids is 1. The first kappa shape index (κ1) is 17.9. The van der Waals surface area contributed by atoms with Gasteiger partial charge in [-0.05, 0) is 54.4 Å². The van der Waals surface area contributed by atoms with Gasteiger partial charge in [0, 0.05) is 31.4 Å². The molecule has 4 nitrogen and oxygen atoms in total. The first-order chi connectivity index (χ1) is 11.5. The monoisotopic (exact) mass is 334 g/mol. The van der Waals surface area contributed by atoms with Crippen LogP contribution in [-0.2, 0) is 11.2 Å². The van der Waals surface area contributed by atoms with Gasteiger partial charge in [-0.3, -0.25) is 4.79 Å². The van der Waals surface area contributed by atoms with Gasteiger partial charge in [0.05, 0.1) is 6.61 Å². The van der Waals surface area contributed by atoms with Gasteiger partial charge < -0.3 is 15.3 Å². The van der Waals surface area contributed by atoms with Crippen molar-refractivity contribution in [1.82, 2.24) is 0 Å². The van der Waals surface area contributed by atoms with Gasteiger partial charge in [-0.25, -0.2) is 8.78 Å². The Balaban J connectivity index is 1.89. The van der Waals surface area contributed by atoms with Crippen LogP contribution in [0.3, 0.4) is 0 Å². The topological polar surface area (TPSA) is 52.6 Å². The maximum Gasteiger partial charge on any atom is 0.224 e. The summed E-state index contributed by atoms with van der Waals surface area (Å²) in [6.07, 6.45) is 0.194. The highest BCUT2D eigenvalue weighted by Crippen LogP contribution is 2.17. The molecular weight excluding hydrogens is 314 g/mol. The van der Waals surface area contributed by atoms with E-state index in [-0.39, 0.29) is 30.9 Å². The maximum atomic E-state index is 13.5. The van der Waals surface area contributed by atoms with E-state index in [0.717, 1.165) is 23.9 Å². The molecule has 0 aromatic heterocycles. The number of carbonyl (C=O) groups is 1. The molecule has 0 unspecified atom stereocenters. The average molecular weight is 334 g/mol. The van der Waals surface area contributed by atoms with Crippen molar-refractivity contribution in [2.45, 2.75) is 12.8 Å². The highest BCUT2D eigenvalue weighted by Gasteiger charge is 2.08. The van der Waals surface area contributed by atoms with E-state index in [0.29, 0.717) is 12.2 Å². The fourth-order valence-corrected chi connectivity index (χ4v) is 2.28. The number of anilines is 2. The summed E-state index contributed by atoms with van der Waals surface area (Å²) in [5.41, 5.74) is 1.73. The lowest BCUT2D eigenvalue weighted by Crippen LogP contribution is -2.21. The van der Waals surface area contributed by atoms with E-state index >= 15 is 0 Å². The molecule has 0 heterocycles. The van der Waals surface area contributed by atoms with E-state index in [1.54, 1.807) is 12.1 Å². The molecule has 2 aromatic carbocycles. The highest BCUT2D eigenvalue weighted by atomic mass is 19.1. The Bertz CT molecular complexity index is 690. The van der Waals surface area contributed by atoms with Crippen molar-refractivity contribution in [2.75, 3.05) is 30.4 Å². The van der Waals surface area contributed by atoms with E-state index in [1.165, 1.54) is 0 Å². The van der Waals surface area contributed by atoms with E-state index in [4.69, 9.17) is 5.11 Å². The largest absolute Gasteiger partial charge is 0.395 e. The SMILES string of the molecule is CN(CCO)c1ccc(NC(=O)CCc2cc(F)ccc2F)cc1. The van der Waals surface area contributed by atoms with Crippen LogP contribution >= 0.6 is 0 Å². The molecule has 0 spiro atoms. The lowest BCUT2D eigenvalue weighted by molar-refractivity contribution is -0.116. The summed E-state index contributed by atoms with van der Waals surface area (Å²) in [7, 11) is 1.86. The normalized spacial score (nSPS) is 10.5. The first-order valence-electron chi connectivity index (χ1n) is 7.65. The summed E-state index contributed by atoms with van der Waals surface area (Å²) < 4.78 is 26.6.